The van der Waals surface area contributed by atoms with Gasteiger partial charge in [-0.25, -0.2) is 0 Å². The van der Waals surface area contributed by atoms with Gasteiger partial charge >= 0.3 is 0 Å². The van der Waals surface area contributed by atoms with Crippen LogP contribution in [0.2, 0.25) is 0 Å². The van der Waals surface area contributed by atoms with Crippen molar-refractivity contribution >= 4 is 5.91 Å². The lowest BCUT2D eigenvalue weighted by atomic mass is 10.1. The molecule has 0 aliphatic heterocycles. The van der Waals surface area contributed by atoms with Gasteiger partial charge in [0.25, 0.3) is 0 Å². The highest BCUT2D eigenvalue weighted by molar-refractivity contribution is 5.77. The van der Waals surface area contributed by atoms with Gasteiger partial charge in [0.05, 0.1) is 25.1 Å². The van der Waals surface area contributed by atoms with E-state index in [-0.39, 0.29) is 18.4 Å². The van der Waals surface area contributed by atoms with Crippen LogP contribution in [-0.4, -0.2) is 36.8 Å². The van der Waals surface area contributed by atoms with Gasteiger partial charge in [0.2, 0.25) is 5.91 Å². The van der Waals surface area contributed by atoms with Crippen molar-refractivity contribution in [1.82, 2.24) is 10.6 Å². The molecule has 0 aliphatic rings. The molecule has 3 N–H and O–H groups in total. The molecule has 1 amide bonds. The Morgan fingerprint density at radius 1 is 1.53 bits per heavy atom. The van der Waals surface area contributed by atoms with Crippen LogP contribution in [0.3, 0.4) is 0 Å². The maximum atomic E-state index is 11.1. The Morgan fingerprint density at radius 3 is 2.73 bits per heavy atom. The van der Waals surface area contributed by atoms with Gasteiger partial charge < -0.3 is 15.7 Å². The van der Waals surface area contributed by atoms with Gasteiger partial charge in [0.1, 0.15) is 0 Å². The molecule has 1 atom stereocenters. The minimum absolute atomic E-state index is 0.152. The van der Waals surface area contributed by atoms with Crippen LogP contribution in [0, 0.1) is 17.2 Å². The van der Waals surface area contributed by atoms with E-state index in [9.17, 15) is 9.90 Å². The molecule has 0 aromatic rings. The highest BCUT2D eigenvalue weighted by Crippen LogP contribution is 1.98. The summed E-state index contributed by atoms with van der Waals surface area (Å²) in [5.41, 5.74) is 0. The number of carbonyl (C=O) groups is 1. The highest BCUT2D eigenvalue weighted by Gasteiger charge is 2.08. The smallest absolute Gasteiger partial charge is 0.233 e. The predicted molar refractivity (Wildman–Crippen MR) is 57.0 cm³/mol. The van der Waals surface area contributed by atoms with Crippen LogP contribution in [0.15, 0.2) is 0 Å². The van der Waals surface area contributed by atoms with Crippen LogP contribution in [0.5, 0.6) is 0 Å². The SMILES string of the molecule is CC(C)C(O)CNCC(=O)NCCC#N. The van der Waals surface area contributed by atoms with Crippen molar-refractivity contribution in [3.8, 4) is 6.07 Å². The summed E-state index contributed by atoms with van der Waals surface area (Å²) in [7, 11) is 0. The Bertz CT molecular complexity index is 223. The highest BCUT2D eigenvalue weighted by atomic mass is 16.3. The van der Waals surface area contributed by atoms with E-state index in [1.165, 1.54) is 0 Å². The molecular weight excluding hydrogens is 194 g/mol. The molecule has 0 aromatic heterocycles. The second-order valence-electron chi connectivity index (χ2n) is 3.70. The lowest BCUT2D eigenvalue weighted by Gasteiger charge is -2.14. The van der Waals surface area contributed by atoms with E-state index in [4.69, 9.17) is 5.26 Å². The average Bonchev–Trinajstić information content (AvgIpc) is 2.18. The van der Waals surface area contributed by atoms with E-state index in [0.29, 0.717) is 19.5 Å². The number of carbonyl (C=O) groups excluding carboxylic acids is 1. The number of hydrogen-bond donors (Lipinski definition) is 3. The van der Waals surface area contributed by atoms with Crippen LogP contribution in [-0.2, 0) is 4.79 Å². The van der Waals surface area contributed by atoms with Crippen LogP contribution in [0.4, 0.5) is 0 Å². The fourth-order valence-corrected chi connectivity index (χ4v) is 0.890. The molecule has 1 unspecified atom stereocenters. The fourth-order valence-electron chi connectivity index (χ4n) is 0.890. The Hall–Kier alpha value is -1.12. The van der Waals surface area contributed by atoms with Gasteiger partial charge in [-0.2, -0.15) is 5.26 Å². The van der Waals surface area contributed by atoms with Gasteiger partial charge in [0.15, 0.2) is 0 Å². The van der Waals surface area contributed by atoms with Crippen molar-refractivity contribution < 1.29 is 9.90 Å². The summed E-state index contributed by atoms with van der Waals surface area (Å²) in [4.78, 5) is 11.1. The van der Waals surface area contributed by atoms with Crippen molar-refractivity contribution in [2.75, 3.05) is 19.6 Å². The monoisotopic (exact) mass is 213 g/mol. The number of rotatable bonds is 7. The quantitative estimate of drug-likeness (QED) is 0.503. The fraction of sp³-hybridized carbons (Fsp3) is 0.800. The number of hydrogen-bond acceptors (Lipinski definition) is 4. The number of nitrogens with one attached hydrogen (secondary N) is 2. The van der Waals surface area contributed by atoms with Gasteiger partial charge in [0, 0.05) is 13.1 Å². The minimum atomic E-state index is -0.433. The zero-order valence-electron chi connectivity index (χ0n) is 9.29. The van der Waals surface area contributed by atoms with Gasteiger partial charge in [-0.3, -0.25) is 4.79 Å². The van der Waals surface area contributed by atoms with Crippen molar-refractivity contribution in [3.63, 3.8) is 0 Å². The molecular formula is C10H19N3O2. The Morgan fingerprint density at radius 2 is 2.20 bits per heavy atom. The van der Waals surface area contributed by atoms with Gasteiger partial charge in [-0.15, -0.1) is 0 Å². The molecule has 0 radical (unpaired) electrons. The van der Waals surface area contributed by atoms with Crippen LogP contribution in [0.1, 0.15) is 20.3 Å². The summed E-state index contributed by atoms with van der Waals surface area (Å²) in [6.45, 7) is 4.79. The molecule has 5 nitrogen and oxygen atoms in total. The molecule has 86 valence electrons. The van der Waals surface area contributed by atoms with Crippen molar-refractivity contribution in [1.29, 1.82) is 5.26 Å². The molecule has 5 heteroatoms. The third-order valence-corrected chi connectivity index (χ3v) is 1.97. The summed E-state index contributed by atoms with van der Waals surface area (Å²) in [5, 5.41) is 23.1. The van der Waals surface area contributed by atoms with E-state index >= 15 is 0 Å². The largest absolute Gasteiger partial charge is 0.392 e. The number of nitriles is 1. The van der Waals surface area contributed by atoms with E-state index < -0.39 is 6.10 Å². The summed E-state index contributed by atoms with van der Waals surface area (Å²) in [6.07, 6.45) is -0.114. The average molecular weight is 213 g/mol. The summed E-state index contributed by atoms with van der Waals surface area (Å²) < 4.78 is 0. The molecule has 0 aromatic carbocycles. The zero-order valence-corrected chi connectivity index (χ0v) is 9.29. The maximum Gasteiger partial charge on any atom is 0.233 e. The van der Waals surface area contributed by atoms with E-state index in [2.05, 4.69) is 10.6 Å². The topological polar surface area (TPSA) is 85.2 Å². The lowest BCUT2D eigenvalue weighted by molar-refractivity contribution is -0.120. The Kier molecular flexibility index (Phi) is 7.60. The minimum Gasteiger partial charge on any atom is -0.392 e. The van der Waals surface area contributed by atoms with Crippen molar-refractivity contribution in [3.05, 3.63) is 0 Å². The number of amides is 1. The Labute approximate surface area is 90.5 Å². The Balaban J connectivity index is 3.43. The van der Waals surface area contributed by atoms with Crippen molar-refractivity contribution in [2.24, 2.45) is 5.92 Å². The summed E-state index contributed by atoms with van der Waals surface area (Å²) in [5.74, 6) is 0.0281. The number of nitrogens with zero attached hydrogens (tertiary/aromatic N) is 1. The molecule has 0 saturated heterocycles. The van der Waals surface area contributed by atoms with Gasteiger partial charge in [-0.05, 0) is 5.92 Å². The number of aliphatic hydroxyl groups excluding tert-OH is 1. The molecule has 0 fully saturated rings. The summed E-state index contributed by atoms with van der Waals surface area (Å²) >= 11 is 0. The van der Waals surface area contributed by atoms with Crippen LogP contribution in [0.25, 0.3) is 0 Å². The van der Waals surface area contributed by atoms with E-state index in [1.54, 1.807) is 0 Å². The van der Waals surface area contributed by atoms with Gasteiger partial charge in [-0.1, -0.05) is 13.8 Å². The molecule has 15 heavy (non-hydrogen) atoms. The molecule has 0 spiro atoms. The number of aliphatic hydroxyl groups is 1. The van der Waals surface area contributed by atoms with E-state index in [1.807, 2.05) is 19.9 Å². The first-order chi connectivity index (χ1) is 7.07. The third-order valence-electron chi connectivity index (χ3n) is 1.97. The van der Waals surface area contributed by atoms with E-state index in [0.717, 1.165) is 0 Å². The zero-order chi connectivity index (χ0) is 11.7. The maximum absolute atomic E-state index is 11.1. The van der Waals surface area contributed by atoms with Crippen LogP contribution < -0.4 is 10.6 Å². The standard InChI is InChI=1S/C10H19N3O2/c1-8(2)9(14)6-12-7-10(15)13-5-3-4-11/h8-9,12,14H,3,5-7H2,1-2H3,(H,13,15). The molecule has 0 rings (SSSR count). The first-order valence-electron chi connectivity index (χ1n) is 5.10. The first kappa shape index (κ1) is 13.9. The lowest BCUT2D eigenvalue weighted by Crippen LogP contribution is -2.38. The first-order valence-corrected chi connectivity index (χ1v) is 5.10. The third kappa shape index (κ3) is 7.91. The second-order valence-corrected chi connectivity index (χ2v) is 3.70. The predicted octanol–water partition coefficient (Wildman–Crippen LogP) is -0.377. The molecule has 0 heterocycles. The molecule has 0 aliphatic carbocycles. The van der Waals surface area contributed by atoms with Crippen molar-refractivity contribution in [2.45, 2.75) is 26.4 Å². The molecule has 0 bridgehead atoms. The normalized spacial score (nSPS) is 12.2. The molecule has 0 saturated carbocycles. The summed E-state index contributed by atoms with van der Waals surface area (Å²) in [6, 6.07) is 1.94. The second kappa shape index (κ2) is 8.21. The van der Waals surface area contributed by atoms with Crippen LogP contribution >= 0.6 is 0 Å².